The van der Waals surface area contributed by atoms with E-state index >= 15 is 0 Å². The van der Waals surface area contributed by atoms with Crippen LogP contribution in [-0.4, -0.2) is 23.2 Å². The monoisotopic (exact) mass is 391 g/mol. The first-order valence-corrected chi connectivity index (χ1v) is 10.2. The van der Waals surface area contributed by atoms with E-state index in [1.165, 1.54) is 0 Å². The first kappa shape index (κ1) is 20.9. The fourth-order valence-corrected chi connectivity index (χ4v) is 3.93. The Hall–Kier alpha value is -2.84. The summed E-state index contributed by atoms with van der Waals surface area (Å²) >= 11 is 0. The molecule has 152 valence electrons. The fourth-order valence-electron chi connectivity index (χ4n) is 3.93. The number of nitrogens with zero attached hydrogens (tertiary/aromatic N) is 2. The summed E-state index contributed by atoms with van der Waals surface area (Å²) in [6.07, 6.45) is 4.92. The third-order valence-corrected chi connectivity index (χ3v) is 5.67. The van der Waals surface area contributed by atoms with E-state index in [0.717, 1.165) is 66.2 Å². The maximum Gasteiger partial charge on any atom is 0.266 e. The first-order chi connectivity index (χ1) is 13.9. The zero-order chi connectivity index (χ0) is 21.0. The second kappa shape index (κ2) is 9.11. The largest absolute Gasteiger partial charge is 0.376 e. The molecule has 1 atom stereocenters. The molecule has 1 aliphatic heterocycles. The summed E-state index contributed by atoms with van der Waals surface area (Å²) in [6.45, 7) is 9.72. The van der Waals surface area contributed by atoms with Gasteiger partial charge in [0.25, 0.3) is 5.91 Å². The number of carbonyl (C=O) groups excluding carboxylic acids is 1. The van der Waals surface area contributed by atoms with Gasteiger partial charge in [-0.1, -0.05) is 25.1 Å². The van der Waals surface area contributed by atoms with E-state index in [2.05, 4.69) is 16.0 Å². The lowest BCUT2D eigenvalue weighted by Crippen LogP contribution is -2.17. The highest BCUT2D eigenvalue weighted by atomic mass is 16.5. The van der Waals surface area contributed by atoms with Crippen LogP contribution in [-0.2, 0) is 22.5 Å². The van der Waals surface area contributed by atoms with E-state index in [1.54, 1.807) is 6.08 Å². The molecule has 29 heavy (non-hydrogen) atoms. The number of benzene rings is 1. The number of aromatic nitrogens is 1. The number of anilines is 1. The van der Waals surface area contributed by atoms with Crippen LogP contribution in [0.2, 0.25) is 0 Å². The molecule has 0 radical (unpaired) electrons. The predicted octanol–water partition coefficient (Wildman–Crippen LogP) is 4.70. The van der Waals surface area contributed by atoms with Gasteiger partial charge in [-0.15, -0.1) is 0 Å². The van der Waals surface area contributed by atoms with Gasteiger partial charge in [-0.05, 0) is 68.9 Å². The number of ether oxygens (including phenoxy) is 1. The Balaban J connectivity index is 1.85. The summed E-state index contributed by atoms with van der Waals surface area (Å²) in [4.78, 5) is 12.8. The zero-order valence-corrected chi connectivity index (χ0v) is 17.7. The molecule has 2 heterocycles. The number of para-hydroxylation sites is 1. The average molecular weight is 392 g/mol. The molecule has 2 aromatic rings. The highest BCUT2D eigenvalue weighted by Crippen LogP contribution is 2.24. The lowest BCUT2D eigenvalue weighted by atomic mass is 10.0. The molecule has 0 spiro atoms. The normalized spacial score (nSPS) is 16.7. The number of nitrogens with one attached hydrogen (secondary N) is 1. The molecule has 1 aliphatic rings. The number of amides is 1. The van der Waals surface area contributed by atoms with Crippen LogP contribution in [0.3, 0.4) is 0 Å². The lowest BCUT2D eigenvalue weighted by Gasteiger charge is -2.14. The summed E-state index contributed by atoms with van der Waals surface area (Å²) in [5.74, 6) is -0.375. The van der Waals surface area contributed by atoms with Crippen molar-refractivity contribution in [2.24, 2.45) is 0 Å². The summed E-state index contributed by atoms with van der Waals surface area (Å²) in [5.41, 5.74) is 6.00. The molecule has 0 unspecified atom stereocenters. The van der Waals surface area contributed by atoms with E-state index in [9.17, 15) is 10.1 Å². The number of rotatable bonds is 6. The van der Waals surface area contributed by atoms with Crippen molar-refractivity contribution >= 4 is 17.7 Å². The molecule has 1 saturated heterocycles. The van der Waals surface area contributed by atoms with Crippen molar-refractivity contribution in [3.63, 3.8) is 0 Å². The Morgan fingerprint density at radius 1 is 1.38 bits per heavy atom. The third-order valence-electron chi connectivity index (χ3n) is 5.67. The minimum Gasteiger partial charge on any atom is -0.376 e. The third kappa shape index (κ3) is 4.60. The molecular weight excluding hydrogens is 362 g/mol. The minimum atomic E-state index is -0.375. The van der Waals surface area contributed by atoms with Crippen LogP contribution in [0.15, 0.2) is 29.8 Å². The van der Waals surface area contributed by atoms with Gasteiger partial charge >= 0.3 is 0 Å². The summed E-state index contributed by atoms with van der Waals surface area (Å²) in [5, 5.41) is 12.6. The van der Waals surface area contributed by atoms with Gasteiger partial charge in [0, 0.05) is 30.2 Å². The molecular formula is C24H29N3O2. The summed E-state index contributed by atoms with van der Waals surface area (Å²) in [7, 11) is 0. The SMILES string of the molecule is CCc1cccc(C)c1NC(=O)/C(C#N)=C/c1cc(C)n(C[C@H]2CCCO2)c1C. The van der Waals surface area contributed by atoms with Crippen LogP contribution in [0.4, 0.5) is 5.69 Å². The van der Waals surface area contributed by atoms with Crippen LogP contribution in [0, 0.1) is 32.1 Å². The Bertz CT molecular complexity index is 973. The van der Waals surface area contributed by atoms with Crippen LogP contribution in [0.1, 0.15) is 47.8 Å². The predicted molar refractivity (Wildman–Crippen MR) is 116 cm³/mol. The maximum atomic E-state index is 12.8. The molecule has 0 saturated carbocycles. The summed E-state index contributed by atoms with van der Waals surface area (Å²) < 4.78 is 7.98. The van der Waals surface area contributed by atoms with Gasteiger partial charge in [-0.2, -0.15) is 5.26 Å². The molecule has 5 nitrogen and oxygen atoms in total. The topological polar surface area (TPSA) is 67.0 Å². The van der Waals surface area contributed by atoms with E-state index in [1.807, 2.05) is 52.0 Å². The molecule has 1 fully saturated rings. The van der Waals surface area contributed by atoms with Gasteiger partial charge in [-0.3, -0.25) is 4.79 Å². The number of nitriles is 1. The van der Waals surface area contributed by atoms with Crippen molar-refractivity contribution in [1.29, 1.82) is 5.26 Å². The van der Waals surface area contributed by atoms with Crippen LogP contribution in [0.5, 0.6) is 0 Å². The highest BCUT2D eigenvalue weighted by Gasteiger charge is 2.19. The maximum absolute atomic E-state index is 12.8. The quantitative estimate of drug-likeness (QED) is 0.573. The van der Waals surface area contributed by atoms with Crippen molar-refractivity contribution in [2.75, 3.05) is 11.9 Å². The van der Waals surface area contributed by atoms with Crippen molar-refractivity contribution in [3.05, 3.63) is 57.9 Å². The van der Waals surface area contributed by atoms with E-state index in [4.69, 9.17) is 4.74 Å². The second-order valence-corrected chi connectivity index (χ2v) is 7.66. The number of hydrogen-bond acceptors (Lipinski definition) is 3. The van der Waals surface area contributed by atoms with Crippen molar-refractivity contribution in [3.8, 4) is 6.07 Å². The van der Waals surface area contributed by atoms with Gasteiger partial charge in [0.2, 0.25) is 0 Å². The molecule has 0 bridgehead atoms. The average Bonchev–Trinajstić information content (AvgIpc) is 3.31. The number of hydrogen-bond donors (Lipinski definition) is 1. The molecule has 1 aromatic carbocycles. The zero-order valence-electron chi connectivity index (χ0n) is 17.7. The second-order valence-electron chi connectivity index (χ2n) is 7.66. The Morgan fingerprint density at radius 2 is 2.17 bits per heavy atom. The standard InChI is InChI=1S/C24H29N3O2/c1-5-19-9-6-8-16(2)23(19)26-24(28)21(14-25)13-20-12-17(3)27(18(20)4)15-22-10-7-11-29-22/h6,8-9,12-13,22H,5,7,10-11,15H2,1-4H3,(H,26,28)/b21-13+/t22-/m1/s1. The molecule has 5 heteroatoms. The van der Waals surface area contributed by atoms with Gasteiger partial charge in [0.15, 0.2) is 0 Å². The van der Waals surface area contributed by atoms with Gasteiger partial charge in [-0.25, -0.2) is 0 Å². The Morgan fingerprint density at radius 3 is 2.83 bits per heavy atom. The molecule has 3 rings (SSSR count). The number of aryl methyl sites for hydroxylation is 3. The first-order valence-electron chi connectivity index (χ1n) is 10.2. The van der Waals surface area contributed by atoms with Crippen LogP contribution in [0.25, 0.3) is 6.08 Å². The Kier molecular flexibility index (Phi) is 6.56. The lowest BCUT2D eigenvalue weighted by molar-refractivity contribution is -0.112. The highest BCUT2D eigenvalue weighted by molar-refractivity contribution is 6.10. The van der Waals surface area contributed by atoms with Crippen LogP contribution >= 0.6 is 0 Å². The van der Waals surface area contributed by atoms with Crippen molar-refractivity contribution in [2.45, 2.75) is 59.6 Å². The summed E-state index contributed by atoms with van der Waals surface area (Å²) in [6, 6.07) is 10.0. The molecule has 1 amide bonds. The smallest absolute Gasteiger partial charge is 0.266 e. The van der Waals surface area contributed by atoms with Crippen LogP contribution < -0.4 is 5.32 Å². The van der Waals surface area contributed by atoms with Crippen molar-refractivity contribution < 1.29 is 9.53 Å². The number of carbonyl (C=O) groups is 1. The van der Waals surface area contributed by atoms with E-state index in [-0.39, 0.29) is 17.6 Å². The van der Waals surface area contributed by atoms with Gasteiger partial charge in [0.1, 0.15) is 11.6 Å². The fraction of sp³-hybridized carbons (Fsp3) is 0.417. The molecule has 1 N–H and O–H groups in total. The van der Waals surface area contributed by atoms with Gasteiger partial charge < -0.3 is 14.6 Å². The van der Waals surface area contributed by atoms with Crippen molar-refractivity contribution in [1.82, 2.24) is 4.57 Å². The molecule has 1 aromatic heterocycles. The van der Waals surface area contributed by atoms with E-state index in [0.29, 0.717) is 0 Å². The van der Waals surface area contributed by atoms with E-state index < -0.39 is 0 Å². The van der Waals surface area contributed by atoms with Gasteiger partial charge in [0.05, 0.1) is 6.10 Å². The minimum absolute atomic E-state index is 0.104. The Labute approximate surface area is 173 Å². The molecule has 0 aliphatic carbocycles.